The number of sulfonamides is 1. The van der Waals surface area contributed by atoms with Gasteiger partial charge in [0.1, 0.15) is 12.1 Å². The third kappa shape index (κ3) is 3.34. The van der Waals surface area contributed by atoms with E-state index in [-0.39, 0.29) is 35.4 Å². The van der Waals surface area contributed by atoms with Crippen molar-refractivity contribution in [1.29, 1.82) is 0 Å². The van der Waals surface area contributed by atoms with Gasteiger partial charge in [0, 0.05) is 11.8 Å². The van der Waals surface area contributed by atoms with E-state index in [1.54, 1.807) is 13.1 Å². The molecule has 4 heterocycles. The first-order chi connectivity index (χ1) is 15.2. The molecule has 2 bridgehead atoms. The Hall–Kier alpha value is -2.67. The van der Waals surface area contributed by atoms with E-state index in [4.69, 9.17) is 10.5 Å². The Balaban J connectivity index is 1.51. The molecule has 170 valence electrons. The maximum Gasteiger partial charge on any atom is 0.241 e. The second-order valence-electron chi connectivity index (χ2n) is 8.62. The highest BCUT2D eigenvalue weighted by Crippen LogP contribution is 2.44. The van der Waals surface area contributed by atoms with Crippen LogP contribution in [0, 0.1) is 12.7 Å². The monoisotopic (exact) mass is 462 g/mol. The molecule has 6 rings (SSSR count). The molecule has 2 aromatic heterocycles. The SMILES string of the molecule is Cc1c(F)cc(S(=O)(=O)NC23CCC(CO)(CC2)OC3)cc1-c1cn2c(N)ncnc2n1. The number of hydrogen-bond acceptors (Lipinski definition) is 8. The Labute approximate surface area is 183 Å². The number of nitrogen functional groups attached to an aromatic ring is 1. The molecule has 0 unspecified atom stereocenters. The van der Waals surface area contributed by atoms with Gasteiger partial charge in [-0.15, -0.1) is 0 Å². The van der Waals surface area contributed by atoms with Crippen LogP contribution in [0.3, 0.4) is 0 Å². The fourth-order valence-electron chi connectivity index (χ4n) is 4.48. The number of imidazole rings is 1. The van der Waals surface area contributed by atoms with Crippen LogP contribution in [0.4, 0.5) is 10.3 Å². The molecule has 1 saturated carbocycles. The summed E-state index contributed by atoms with van der Waals surface area (Å²) >= 11 is 0. The fraction of sp³-hybridized carbons (Fsp3) is 0.450. The van der Waals surface area contributed by atoms with Gasteiger partial charge in [-0.1, -0.05) is 0 Å². The van der Waals surface area contributed by atoms with E-state index in [9.17, 15) is 17.9 Å². The number of aliphatic hydroxyl groups excluding tert-OH is 1. The summed E-state index contributed by atoms with van der Waals surface area (Å²) in [6.45, 7) is 1.63. The molecule has 4 N–H and O–H groups in total. The van der Waals surface area contributed by atoms with Crippen LogP contribution in [-0.4, -0.2) is 57.2 Å². The summed E-state index contributed by atoms with van der Waals surface area (Å²) in [6, 6.07) is 2.40. The van der Waals surface area contributed by atoms with Crippen LogP contribution >= 0.6 is 0 Å². The van der Waals surface area contributed by atoms with Crippen LogP contribution < -0.4 is 10.5 Å². The number of anilines is 1. The van der Waals surface area contributed by atoms with E-state index in [0.29, 0.717) is 36.9 Å². The van der Waals surface area contributed by atoms with Crippen LogP contribution in [0.1, 0.15) is 31.2 Å². The summed E-state index contributed by atoms with van der Waals surface area (Å²) in [4.78, 5) is 12.1. The number of halogens is 1. The molecule has 0 radical (unpaired) electrons. The average Bonchev–Trinajstić information content (AvgIpc) is 3.22. The predicted molar refractivity (Wildman–Crippen MR) is 113 cm³/mol. The van der Waals surface area contributed by atoms with Crippen molar-refractivity contribution in [2.24, 2.45) is 0 Å². The van der Waals surface area contributed by atoms with E-state index in [1.807, 2.05) is 0 Å². The molecular weight excluding hydrogens is 439 g/mol. The van der Waals surface area contributed by atoms with Gasteiger partial charge in [-0.25, -0.2) is 32.5 Å². The number of aliphatic hydroxyl groups is 1. The minimum Gasteiger partial charge on any atom is -0.393 e. The second kappa shape index (κ2) is 7.17. The van der Waals surface area contributed by atoms with Gasteiger partial charge in [0.2, 0.25) is 21.7 Å². The van der Waals surface area contributed by atoms with Gasteiger partial charge < -0.3 is 15.6 Å². The van der Waals surface area contributed by atoms with Gasteiger partial charge in [-0.05, 0) is 50.3 Å². The molecule has 0 spiro atoms. The number of fused-ring (bicyclic) bond motifs is 4. The zero-order valence-electron chi connectivity index (χ0n) is 17.4. The molecule has 1 aliphatic carbocycles. The normalized spacial score (nSPS) is 25.5. The molecule has 0 amide bonds. The van der Waals surface area contributed by atoms with Crippen molar-refractivity contribution in [1.82, 2.24) is 24.1 Å². The Kier molecular flexibility index (Phi) is 4.75. The van der Waals surface area contributed by atoms with Crippen molar-refractivity contribution in [3.8, 4) is 11.3 Å². The molecular formula is C20H23FN6O4S. The molecule has 1 aromatic carbocycles. The summed E-state index contributed by atoms with van der Waals surface area (Å²) in [5, 5.41) is 9.60. The van der Waals surface area contributed by atoms with Gasteiger partial charge in [0.25, 0.3) is 0 Å². The number of rotatable bonds is 5. The van der Waals surface area contributed by atoms with Crippen LogP contribution in [0.25, 0.3) is 17.0 Å². The first-order valence-corrected chi connectivity index (χ1v) is 11.7. The third-order valence-corrected chi connectivity index (χ3v) is 8.17. The molecule has 3 fully saturated rings. The fourth-order valence-corrected chi connectivity index (χ4v) is 5.96. The van der Waals surface area contributed by atoms with Gasteiger partial charge in [0.05, 0.1) is 34.9 Å². The summed E-state index contributed by atoms with van der Waals surface area (Å²) in [5.41, 5.74) is 5.38. The van der Waals surface area contributed by atoms with Crippen molar-refractivity contribution >= 4 is 21.7 Å². The Morgan fingerprint density at radius 3 is 2.66 bits per heavy atom. The molecule has 12 heteroatoms. The Morgan fingerprint density at radius 1 is 1.28 bits per heavy atom. The average molecular weight is 463 g/mol. The number of aromatic nitrogens is 4. The zero-order valence-corrected chi connectivity index (χ0v) is 18.2. The molecule has 10 nitrogen and oxygen atoms in total. The number of ether oxygens (including phenoxy) is 1. The number of nitrogens with one attached hydrogen (secondary N) is 1. The van der Waals surface area contributed by atoms with Gasteiger partial charge in [-0.2, -0.15) is 0 Å². The van der Waals surface area contributed by atoms with Crippen molar-refractivity contribution in [3.05, 3.63) is 36.0 Å². The minimum absolute atomic E-state index is 0.0870. The molecule has 32 heavy (non-hydrogen) atoms. The lowest BCUT2D eigenvalue weighted by atomic mass is 9.72. The second-order valence-corrected chi connectivity index (χ2v) is 10.3. The van der Waals surface area contributed by atoms with Gasteiger partial charge in [-0.3, -0.25) is 4.40 Å². The van der Waals surface area contributed by atoms with E-state index in [1.165, 1.54) is 16.8 Å². The van der Waals surface area contributed by atoms with E-state index in [0.717, 1.165) is 6.07 Å². The minimum atomic E-state index is -4.06. The van der Waals surface area contributed by atoms with Gasteiger partial charge >= 0.3 is 0 Å². The third-order valence-electron chi connectivity index (χ3n) is 6.61. The number of nitrogens with zero attached hydrogens (tertiary/aromatic N) is 4. The highest BCUT2D eigenvalue weighted by molar-refractivity contribution is 7.89. The number of nitrogens with two attached hydrogens (primary N) is 1. The number of hydrogen-bond donors (Lipinski definition) is 3. The molecule has 3 aliphatic rings. The smallest absolute Gasteiger partial charge is 0.241 e. The summed E-state index contributed by atoms with van der Waals surface area (Å²) in [5.74, 6) is -0.240. The largest absolute Gasteiger partial charge is 0.393 e. The molecule has 3 aromatic rings. The van der Waals surface area contributed by atoms with E-state index < -0.39 is 27.0 Å². The van der Waals surface area contributed by atoms with Gasteiger partial charge in [0.15, 0.2) is 0 Å². The number of benzene rings is 1. The van der Waals surface area contributed by atoms with Crippen molar-refractivity contribution in [2.45, 2.75) is 48.6 Å². The standard InChI is InChI=1S/C20H23FN6O4S/c1-12-14(16-8-27-17(22)23-11-24-18(27)25-16)6-13(7-15(12)21)32(29,30)26-19-2-4-20(9-28,5-3-19)31-10-19/h6-8,11,26,28H,2-5,9-10H2,1H3,(H2,22,23,24,25). The van der Waals surface area contributed by atoms with Crippen molar-refractivity contribution in [3.63, 3.8) is 0 Å². The molecule has 2 saturated heterocycles. The van der Waals surface area contributed by atoms with Crippen molar-refractivity contribution < 1.29 is 22.7 Å². The quantitative estimate of drug-likeness (QED) is 0.512. The summed E-state index contributed by atoms with van der Waals surface area (Å²) in [7, 11) is -4.06. The predicted octanol–water partition coefficient (Wildman–Crippen LogP) is 1.17. The lowest BCUT2D eigenvalue weighted by molar-refractivity contribution is -0.175. The highest BCUT2D eigenvalue weighted by Gasteiger charge is 2.51. The summed E-state index contributed by atoms with van der Waals surface area (Å²) in [6.07, 6.45) is 5.00. The lowest BCUT2D eigenvalue weighted by Gasteiger charge is -2.52. The highest BCUT2D eigenvalue weighted by atomic mass is 32.2. The lowest BCUT2D eigenvalue weighted by Crippen LogP contribution is -2.63. The Bertz CT molecular complexity index is 1300. The van der Waals surface area contributed by atoms with Crippen LogP contribution in [-0.2, 0) is 14.8 Å². The van der Waals surface area contributed by atoms with E-state index in [2.05, 4.69) is 19.7 Å². The maximum absolute atomic E-state index is 14.8. The first-order valence-electron chi connectivity index (χ1n) is 10.2. The zero-order chi connectivity index (χ0) is 22.7. The molecule has 0 atom stereocenters. The summed E-state index contributed by atoms with van der Waals surface area (Å²) < 4.78 is 51.3. The van der Waals surface area contributed by atoms with Crippen LogP contribution in [0.5, 0.6) is 0 Å². The first kappa shape index (κ1) is 21.2. The Morgan fingerprint density at radius 2 is 2.03 bits per heavy atom. The maximum atomic E-state index is 14.8. The van der Waals surface area contributed by atoms with Crippen molar-refractivity contribution in [2.75, 3.05) is 18.9 Å². The van der Waals surface area contributed by atoms with Crippen LogP contribution in [0.2, 0.25) is 0 Å². The van der Waals surface area contributed by atoms with Crippen LogP contribution in [0.15, 0.2) is 29.6 Å². The van der Waals surface area contributed by atoms with E-state index >= 15 is 0 Å². The topological polar surface area (TPSA) is 145 Å². The molecule has 2 aliphatic heterocycles.